The summed E-state index contributed by atoms with van der Waals surface area (Å²) in [5.74, 6) is -0.634. The molecule has 2 heterocycles. The standard InChI is InChI=1S/C14H21N3O5S2.ClH/c1-10(15)7-12(18)16-3-5-17(6-4-16)24(20,21)13-8-11(9-23-13)14(19)22-2;/h8-10H,3-7,15H2,1-2H3;1H. The molecule has 1 aliphatic rings. The van der Waals surface area contributed by atoms with Crippen LogP contribution >= 0.6 is 23.7 Å². The van der Waals surface area contributed by atoms with Crippen molar-refractivity contribution in [2.45, 2.75) is 23.6 Å². The molecule has 2 N–H and O–H groups in total. The van der Waals surface area contributed by atoms with Gasteiger partial charge in [0.05, 0.1) is 12.7 Å². The van der Waals surface area contributed by atoms with E-state index in [0.717, 1.165) is 11.3 Å². The second-order valence-corrected chi connectivity index (χ2v) is 8.69. The topological polar surface area (TPSA) is 110 Å². The fraction of sp³-hybridized carbons (Fsp3) is 0.571. The Morgan fingerprint density at radius 2 is 1.92 bits per heavy atom. The number of piperazine rings is 1. The van der Waals surface area contributed by atoms with Crippen LogP contribution in [0.5, 0.6) is 0 Å². The van der Waals surface area contributed by atoms with E-state index in [1.54, 1.807) is 11.8 Å². The summed E-state index contributed by atoms with van der Waals surface area (Å²) < 4.78 is 31.3. The Hall–Kier alpha value is -1.20. The van der Waals surface area contributed by atoms with Crippen molar-refractivity contribution in [1.29, 1.82) is 0 Å². The monoisotopic (exact) mass is 411 g/mol. The van der Waals surface area contributed by atoms with Crippen LogP contribution in [-0.2, 0) is 19.6 Å². The van der Waals surface area contributed by atoms with Crippen LogP contribution in [0, 0.1) is 0 Å². The van der Waals surface area contributed by atoms with Crippen molar-refractivity contribution in [3.05, 3.63) is 17.0 Å². The largest absolute Gasteiger partial charge is 0.465 e. The van der Waals surface area contributed by atoms with E-state index in [0.29, 0.717) is 13.1 Å². The zero-order valence-electron chi connectivity index (χ0n) is 14.0. The van der Waals surface area contributed by atoms with Gasteiger partial charge in [0.15, 0.2) is 0 Å². The predicted molar refractivity (Wildman–Crippen MR) is 96.5 cm³/mol. The molecule has 0 bridgehead atoms. The number of sulfonamides is 1. The highest BCUT2D eigenvalue weighted by Gasteiger charge is 2.31. The maximum Gasteiger partial charge on any atom is 0.338 e. The van der Waals surface area contributed by atoms with Gasteiger partial charge < -0.3 is 15.4 Å². The van der Waals surface area contributed by atoms with Gasteiger partial charge >= 0.3 is 5.97 Å². The number of esters is 1. The molecule has 1 fully saturated rings. The first-order chi connectivity index (χ1) is 11.3. The molecule has 8 nitrogen and oxygen atoms in total. The van der Waals surface area contributed by atoms with E-state index in [-0.39, 0.29) is 53.6 Å². The highest BCUT2D eigenvalue weighted by atomic mass is 35.5. The lowest BCUT2D eigenvalue weighted by molar-refractivity contribution is -0.132. The summed E-state index contributed by atoms with van der Waals surface area (Å²) in [5.41, 5.74) is 5.84. The van der Waals surface area contributed by atoms with Crippen LogP contribution in [0.4, 0.5) is 0 Å². The number of nitrogens with two attached hydrogens (primary N) is 1. The van der Waals surface area contributed by atoms with E-state index < -0.39 is 16.0 Å². The molecule has 0 aliphatic carbocycles. The first-order valence-electron chi connectivity index (χ1n) is 7.46. The van der Waals surface area contributed by atoms with Crippen LogP contribution in [0.2, 0.25) is 0 Å². The Kier molecular flexibility index (Phi) is 7.82. The van der Waals surface area contributed by atoms with Crippen molar-refractivity contribution >= 4 is 45.6 Å². The lowest BCUT2D eigenvalue weighted by Crippen LogP contribution is -2.51. The number of methoxy groups -OCH3 is 1. The molecule has 25 heavy (non-hydrogen) atoms. The second-order valence-electron chi connectivity index (χ2n) is 5.61. The van der Waals surface area contributed by atoms with E-state index in [1.807, 2.05) is 0 Å². The van der Waals surface area contributed by atoms with E-state index >= 15 is 0 Å². The number of nitrogens with zero attached hydrogens (tertiary/aromatic N) is 2. The van der Waals surface area contributed by atoms with Gasteiger partial charge in [-0.3, -0.25) is 4.79 Å². The summed E-state index contributed by atoms with van der Waals surface area (Å²) in [6.07, 6.45) is 0.250. The van der Waals surface area contributed by atoms with Crippen LogP contribution in [0.25, 0.3) is 0 Å². The Morgan fingerprint density at radius 3 is 2.44 bits per heavy atom. The quantitative estimate of drug-likeness (QED) is 0.707. The molecular weight excluding hydrogens is 390 g/mol. The molecule has 2 rings (SSSR count). The number of carbonyl (C=O) groups excluding carboxylic acids is 2. The number of hydrogen-bond donors (Lipinski definition) is 1. The fourth-order valence-corrected chi connectivity index (χ4v) is 5.11. The van der Waals surface area contributed by atoms with Crippen molar-refractivity contribution in [2.24, 2.45) is 5.73 Å². The van der Waals surface area contributed by atoms with Crippen LogP contribution < -0.4 is 5.73 Å². The third-order valence-corrected chi connectivity index (χ3v) is 6.99. The van der Waals surface area contributed by atoms with Gasteiger partial charge in [-0.2, -0.15) is 4.31 Å². The van der Waals surface area contributed by atoms with Crippen LogP contribution in [0.1, 0.15) is 23.7 Å². The highest BCUT2D eigenvalue weighted by Crippen LogP contribution is 2.25. The number of amides is 1. The van der Waals surface area contributed by atoms with Crippen LogP contribution in [0.3, 0.4) is 0 Å². The van der Waals surface area contributed by atoms with Gasteiger partial charge in [-0.05, 0) is 13.0 Å². The number of halogens is 1. The van der Waals surface area contributed by atoms with E-state index in [1.165, 1.54) is 22.9 Å². The fourth-order valence-electron chi connectivity index (χ4n) is 2.39. The minimum atomic E-state index is -3.67. The molecule has 142 valence electrons. The smallest absolute Gasteiger partial charge is 0.338 e. The van der Waals surface area contributed by atoms with Crippen molar-refractivity contribution in [1.82, 2.24) is 9.21 Å². The molecule has 0 aromatic carbocycles. The van der Waals surface area contributed by atoms with Crippen LogP contribution in [-0.4, -0.2) is 68.8 Å². The molecular formula is C14H22ClN3O5S2. The lowest BCUT2D eigenvalue weighted by atomic mass is 10.2. The predicted octanol–water partition coefficient (Wildman–Crippen LogP) is 0.527. The Morgan fingerprint density at radius 1 is 1.32 bits per heavy atom. The molecule has 1 unspecified atom stereocenters. The second kappa shape index (κ2) is 8.95. The van der Waals surface area contributed by atoms with Crippen molar-refractivity contribution in [3.63, 3.8) is 0 Å². The molecule has 1 aromatic rings. The van der Waals surface area contributed by atoms with Gasteiger partial charge in [0.25, 0.3) is 10.0 Å². The van der Waals surface area contributed by atoms with E-state index in [9.17, 15) is 18.0 Å². The van der Waals surface area contributed by atoms with E-state index in [4.69, 9.17) is 5.73 Å². The Bertz CT molecular complexity index is 712. The molecule has 1 saturated heterocycles. The molecule has 1 aliphatic heterocycles. The molecule has 1 atom stereocenters. The van der Waals surface area contributed by atoms with Crippen LogP contribution in [0.15, 0.2) is 15.7 Å². The number of carbonyl (C=O) groups is 2. The Labute approximate surface area is 157 Å². The first kappa shape index (κ1) is 21.8. The number of thiophene rings is 1. The number of ether oxygens (including phenoxy) is 1. The van der Waals surface area contributed by atoms with Crippen molar-refractivity contribution in [3.8, 4) is 0 Å². The molecule has 0 spiro atoms. The maximum atomic E-state index is 12.6. The molecule has 11 heteroatoms. The zero-order chi connectivity index (χ0) is 17.9. The summed E-state index contributed by atoms with van der Waals surface area (Å²) in [6, 6.07) is 1.10. The highest BCUT2D eigenvalue weighted by molar-refractivity contribution is 7.91. The lowest BCUT2D eigenvalue weighted by Gasteiger charge is -2.34. The third-order valence-electron chi connectivity index (χ3n) is 3.68. The van der Waals surface area contributed by atoms with Gasteiger partial charge in [-0.25, -0.2) is 13.2 Å². The zero-order valence-corrected chi connectivity index (χ0v) is 16.5. The number of rotatable bonds is 5. The molecule has 1 amide bonds. The first-order valence-corrected chi connectivity index (χ1v) is 9.78. The van der Waals surface area contributed by atoms with Gasteiger partial charge in [0.1, 0.15) is 4.21 Å². The minimum Gasteiger partial charge on any atom is -0.465 e. The SMILES string of the molecule is COC(=O)c1csc(S(=O)(=O)N2CCN(C(=O)CC(C)N)CC2)c1.Cl. The average molecular weight is 412 g/mol. The molecule has 1 aromatic heterocycles. The summed E-state index contributed by atoms with van der Waals surface area (Å²) >= 11 is 0.982. The summed E-state index contributed by atoms with van der Waals surface area (Å²) in [5, 5.41) is 1.46. The Balaban J connectivity index is 0.00000312. The van der Waals surface area contributed by atoms with Crippen molar-refractivity contribution in [2.75, 3.05) is 33.3 Å². The maximum absolute atomic E-state index is 12.6. The summed E-state index contributed by atoms with van der Waals surface area (Å²) in [7, 11) is -2.43. The minimum absolute atomic E-state index is 0. The normalized spacial score (nSPS) is 16.8. The third kappa shape index (κ3) is 5.14. The van der Waals surface area contributed by atoms with Crippen molar-refractivity contribution < 1.29 is 22.7 Å². The molecule has 0 radical (unpaired) electrons. The molecule has 0 saturated carbocycles. The average Bonchev–Trinajstić information content (AvgIpc) is 3.04. The number of hydrogen-bond acceptors (Lipinski definition) is 7. The van der Waals surface area contributed by atoms with Gasteiger partial charge in [0.2, 0.25) is 5.91 Å². The van der Waals surface area contributed by atoms with E-state index in [2.05, 4.69) is 4.74 Å². The summed E-state index contributed by atoms with van der Waals surface area (Å²) in [4.78, 5) is 25.1. The van der Waals surface area contributed by atoms with Gasteiger partial charge in [-0.15, -0.1) is 23.7 Å². The van der Waals surface area contributed by atoms with Gasteiger partial charge in [0, 0.05) is 44.0 Å². The summed E-state index contributed by atoms with van der Waals surface area (Å²) in [6.45, 7) is 2.87. The van der Waals surface area contributed by atoms with Gasteiger partial charge in [-0.1, -0.05) is 0 Å².